The molecule has 0 radical (unpaired) electrons. The molecule has 1 amide bonds. The van der Waals surface area contributed by atoms with Crippen LogP contribution in [0, 0.1) is 5.92 Å². The van der Waals surface area contributed by atoms with E-state index < -0.39 is 0 Å². The molecule has 1 aliphatic heterocycles. The number of amides is 1. The van der Waals surface area contributed by atoms with Crippen molar-refractivity contribution in [3.05, 3.63) is 84.7 Å². The van der Waals surface area contributed by atoms with Crippen LogP contribution in [0.5, 0.6) is 5.75 Å². The molecule has 0 atom stereocenters. The number of rotatable bonds is 6. The van der Waals surface area contributed by atoms with Crippen LogP contribution in [-0.4, -0.2) is 40.1 Å². The number of carbonyl (C=O) groups is 1. The summed E-state index contributed by atoms with van der Waals surface area (Å²) < 4.78 is 8.09. The van der Waals surface area contributed by atoms with Gasteiger partial charge in [0.15, 0.2) is 0 Å². The number of ether oxygens (including phenoxy) is 1. The van der Waals surface area contributed by atoms with Gasteiger partial charge in [-0.2, -0.15) is 0 Å². The molecule has 0 unspecified atom stereocenters. The Labute approximate surface area is 194 Å². The fraction of sp³-hybridized carbons (Fsp3) is 0.286. The highest BCUT2D eigenvalue weighted by molar-refractivity contribution is 6.09. The Balaban J connectivity index is 1.30. The van der Waals surface area contributed by atoms with E-state index in [2.05, 4.69) is 27.9 Å². The number of piperidine rings is 1. The quantitative estimate of drug-likeness (QED) is 0.390. The lowest BCUT2D eigenvalue weighted by Gasteiger charge is -2.33. The molecule has 0 bridgehead atoms. The van der Waals surface area contributed by atoms with Gasteiger partial charge in [0.2, 0.25) is 0 Å². The van der Waals surface area contributed by atoms with Gasteiger partial charge in [0.25, 0.3) is 5.91 Å². The van der Waals surface area contributed by atoms with Crippen LogP contribution in [0.15, 0.2) is 79.1 Å². The molecule has 1 fully saturated rings. The lowest BCUT2D eigenvalue weighted by molar-refractivity contribution is 0.0681. The first kappa shape index (κ1) is 21.3. The highest BCUT2D eigenvalue weighted by atomic mass is 16.5. The number of imidazole rings is 1. The maximum absolute atomic E-state index is 13.6. The van der Waals surface area contributed by atoms with Gasteiger partial charge in [-0.15, -0.1) is 0 Å². The largest absolute Gasteiger partial charge is 0.493 e. The van der Waals surface area contributed by atoms with Crippen LogP contribution in [0.3, 0.4) is 0 Å². The molecule has 0 N–H and O–H groups in total. The molecule has 1 aromatic heterocycles. The first-order valence-corrected chi connectivity index (χ1v) is 11.7. The molecule has 1 saturated heterocycles. The Hall–Kier alpha value is -3.60. The Bertz CT molecular complexity index is 1240. The summed E-state index contributed by atoms with van der Waals surface area (Å²) in [7, 11) is 0. The lowest BCUT2D eigenvalue weighted by atomic mass is 9.95. The minimum absolute atomic E-state index is 0.0707. The van der Waals surface area contributed by atoms with E-state index in [4.69, 9.17) is 4.74 Å². The van der Waals surface area contributed by atoms with Crippen molar-refractivity contribution in [2.45, 2.75) is 26.3 Å². The number of hydrogen-bond acceptors (Lipinski definition) is 3. The molecule has 0 saturated carbocycles. The molecule has 0 aliphatic carbocycles. The van der Waals surface area contributed by atoms with E-state index in [1.54, 1.807) is 0 Å². The molecule has 168 valence electrons. The van der Waals surface area contributed by atoms with E-state index in [-0.39, 0.29) is 5.91 Å². The molecule has 3 aromatic carbocycles. The van der Waals surface area contributed by atoms with E-state index in [9.17, 15) is 4.79 Å². The van der Waals surface area contributed by atoms with Crippen molar-refractivity contribution in [3.63, 3.8) is 0 Å². The fourth-order valence-corrected chi connectivity index (χ4v) is 4.81. The van der Waals surface area contributed by atoms with Gasteiger partial charge in [0, 0.05) is 37.6 Å². The average molecular weight is 440 g/mol. The zero-order valence-electron chi connectivity index (χ0n) is 19.0. The smallest absolute Gasteiger partial charge is 0.258 e. The van der Waals surface area contributed by atoms with Crippen molar-refractivity contribution in [1.29, 1.82) is 0 Å². The van der Waals surface area contributed by atoms with Gasteiger partial charge in [-0.25, -0.2) is 4.98 Å². The minimum atomic E-state index is 0.0707. The van der Waals surface area contributed by atoms with Crippen molar-refractivity contribution < 1.29 is 9.53 Å². The van der Waals surface area contributed by atoms with E-state index in [0.29, 0.717) is 23.8 Å². The maximum Gasteiger partial charge on any atom is 0.258 e. The number of hydrogen-bond donors (Lipinski definition) is 0. The summed E-state index contributed by atoms with van der Waals surface area (Å²) >= 11 is 0. The maximum atomic E-state index is 13.6. The van der Waals surface area contributed by atoms with E-state index in [0.717, 1.165) is 54.6 Å². The zero-order chi connectivity index (χ0) is 22.6. The monoisotopic (exact) mass is 439 g/mol. The van der Waals surface area contributed by atoms with E-state index in [1.807, 2.05) is 72.6 Å². The van der Waals surface area contributed by atoms with Crippen LogP contribution in [-0.2, 0) is 6.54 Å². The van der Waals surface area contributed by atoms with Crippen molar-refractivity contribution >= 4 is 16.7 Å². The number of nitrogens with zero attached hydrogens (tertiary/aromatic N) is 3. The highest BCUT2D eigenvalue weighted by Crippen LogP contribution is 2.31. The molecular weight excluding hydrogens is 410 g/mol. The van der Waals surface area contributed by atoms with Crippen LogP contribution in [0.25, 0.3) is 22.2 Å². The van der Waals surface area contributed by atoms with E-state index in [1.165, 1.54) is 0 Å². The molecule has 0 spiro atoms. The molecule has 5 rings (SSSR count). The standard InChI is InChI=1S/C28H29N3O2/c1-2-33-25-13-12-22-8-6-7-11-24(22)26(25)28(32)30-17-14-21(15-18-30)20-31-19-16-29-27(31)23-9-4-3-5-10-23/h3-13,16,19,21H,2,14-15,17-18,20H2,1H3. The molecule has 33 heavy (non-hydrogen) atoms. The molecular formula is C28H29N3O2. The van der Waals surface area contributed by atoms with Gasteiger partial charge in [-0.3, -0.25) is 4.79 Å². The minimum Gasteiger partial charge on any atom is -0.493 e. The van der Waals surface area contributed by atoms with Gasteiger partial charge in [-0.1, -0.05) is 60.7 Å². The normalized spacial score (nSPS) is 14.5. The lowest BCUT2D eigenvalue weighted by Crippen LogP contribution is -2.39. The Kier molecular flexibility index (Phi) is 6.11. The van der Waals surface area contributed by atoms with Crippen LogP contribution < -0.4 is 4.74 Å². The third kappa shape index (κ3) is 4.36. The predicted octanol–water partition coefficient (Wildman–Crippen LogP) is 5.65. The summed E-state index contributed by atoms with van der Waals surface area (Å²) in [4.78, 5) is 20.2. The summed E-state index contributed by atoms with van der Waals surface area (Å²) in [5.74, 6) is 2.27. The Morgan fingerprint density at radius 2 is 1.76 bits per heavy atom. The molecule has 2 heterocycles. The summed E-state index contributed by atoms with van der Waals surface area (Å²) in [6.07, 6.45) is 5.89. The van der Waals surface area contributed by atoms with Gasteiger partial charge < -0.3 is 14.2 Å². The van der Waals surface area contributed by atoms with Crippen LogP contribution in [0.1, 0.15) is 30.1 Å². The first-order valence-electron chi connectivity index (χ1n) is 11.7. The second kappa shape index (κ2) is 9.49. The van der Waals surface area contributed by atoms with Gasteiger partial charge in [0.05, 0.1) is 12.2 Å². The third-order valence-corrected chi connectivity index (χ3v) is 6.51. The van der Waals surface area contributed by atoms with Gasteiger partial charge >= 0.3 is 0 Å². The van der Waals surface area contributed by atoms with Crippen molar-refractivity contribution in [2.24, 2.45) is 5.92 Å². The average Bonchev–Trinajstić information content (AvgIpc) is 3.33. The molecule has 1 aliphatic rings. The topological polar surface area (TPSA) is 47.4 Å². The summed E-state index contributed by atoms with van der Waals surface area (Å²) in [5, 5.41) is 2.02. The Morgan fingerprint density at radius 3 is 2.55 bits per heavy atom. The predicted molar refractivity (Wildman–Crippen MR) is 131 cm³/mol. The van der Waals surface area contributed by atoms with Gasteiger partial charge in [-0.05, 0) is 42.5 Å². The second-order valence-electron chi connectivity index (χ2n) is 8.60. The first-order chi connectivity index (χ1) is 16.2. The number of fused-ring (bicyclic) bond motifs is 1. The zero-order valence-corrected chi connectivity index (χ0v) is 19.0. The summed E-state index contributed by atoms with van der Waals surface area (Å²) in [6.45, 7) is 4.93. The van der Waals surface area contributed by atoms with Crippen LogP contribution in [0.4, 0.5) is 0 Å². The van der Waals surface area contributed by atoms with Crippen molar-refractivity contribution in [2.75, 3.05) is 19.7 Å². The van der Waals surface area contributed by atoms with Gasteiger partial charge in [0.1, 0.15) is 11.6 Å². The third-order valence-electron chi connectivity index (χ3n) is 6.51. The Morgan fingerprint density at radius 1 is 1.00 bits per heavy atom. The van der Waals surface area contributed by atoms with E-state index >= 15 is 0 Å². The van der Waals surface area contributed by atoms with Crippen molar-refractivity contribution in [1.82, 2.24) is 14.5 Å². The number of likely N-dealkylation sites (tertiary alicyclic amines) is 1. The van der Waals surface area contributed by atoms with Crippen LogP contribution in [0.2, 0.25) is 0 Å². The SMILES string of the molecule is CCOc1ccc2ccccc2c1C(=O)N1CCC(Cn2ccnc2-c2ccccc2)CC1. The molecule has 4 aromatic rings. The number of aromatic nitrogens is 2. The number of benzene rings is 3. The number of carbonyl (C=O) groups excluding carboxylic acids is 1. The van der Waals surface area contributed by atoms with Crippen LogP contribution >= 0.6 is 0 Å². The molecule has 5 nitrogen and oxygen atoms in total. The molecule has 5 heteroatoms. The fourth-order valence-electron chi connectivity index (χ4n) is 4.81. The summed E-state index contributed by atoms with van der Waals surface area (Å²) in [6, 6.07) is 22.3. The summed E-state index contributed by atoms with van der Waals surface area (Å²) in [5.41, 5.74) is 1.82. The van der Waals surface area contributed by atoms with Crippen molar-refractivity contribution in [3.8, 4) is 17.1 Å². The highest BCUT2D eigenvalue weighted by Gasteiger charge is 2.27. The second-order valence-corrected chi connectivity index (χ2v) is 8.60.